The van der Waals surface area contributed by atoms with E-state index in [2.05, 4.69) is 19.7 Å². The number of H-pyrrole nitrogens is 1. The van der Waals surface area contributed by atoms with Crippen LogP contribution in [0.25, 0.3) is 11.0 Å². The number of hydrogen-bond acceptors (Lipinski definition) is 6. The van der Waals surface area contributed by atoms with Crippen LogP contribution in [0.3, 0.4) is 0 Å². The summed E-state index contributed by atoms with van der Waals surface area (Å²) in [5.41, 5.74) is 4.36. The van der Waals surface area contributed by atoms with Gasteiger partial charge in [-0.2, -0.15) is 0 Å². The van der Waals surface area contributed by atoms with Gasteiger partial charge in [-0.25, -0.2) is 22.2 Å². The maximum atomic E-state index is 15.3. The van der Waals surface area contributed by atoms with Gasteiger partial charge in [0.15, 0.2) is 5.82 Å². The number of fused-ring (bicyclic) bond motifs is 1. The standard InChI is InChI=1S/C23H16ClF2N5O3S/c24-13-10-16-17(12-30-23(16)29-11-13)22(32)20-18(25)6-7-19(21(20)26)31-35(33,34)15-4-2-14(3-5-15)28-9-1-8-27/h1-12,31H,27H2,(H,29,30). The number of sulfonamides is 1. The molecule has 0 aliphatic rings. The number of aromatic amines is 1. The van der Waals surface area contributed by atoms with Gasteiger partial charge in [-0.05, 0) is 54.7 Å². The van der Waals surface area contributed by atoms with Crippen molar-refractivity contribution in [2.45, 2.75) is 4.90 Å². The molecule has 2 heterocycles. The van der Waals surface area contributed by atoms with Gasteiger partial charge in [0.2, 0.25) is 5.78 Å². The van der Waals surface area contributed by atoms with Crippen LogP contribution in [0.15, 0.2) is 77.0 Å². The molecule has 2 aromatic heterocycles. The first-order chi connectivity index (χ1) is 16.7. The summed E-state index contributed by atoms with van der Waals surface area (Å²) < 4.78 is 57.5. The van der Waals surface area contributed by atoms with E-state index in [1.807, 2.05) is 0 Å². The third-order valence-corrected chi connectivity index (χ3v) is 6.46. The van der Waals surface area contributed by atoms with E-state index in [0.717, 1.165) is 12.1 Å². The van der Waals surface area contributed by atoms with E-state index in [9.17, 15) is 17.6 Å². The minimum absolute atomic E-state index is 0.0755. The number of hydrogen-bond donors (Lipinski definition) is 3. The quantitative estimate of drug-likeness (QED) is 0.242. The minimum atomic E-state index is -4.27. The SMILES string of the molecule is NC=CC=Nc1ccc(S(=O)(=O)Nc2ccc(F)c(C(=O)c3c[nH]c4ncc(Cl)cc34)c2F)cc1. The zero-order valence-corrected chi connectivity index (χ0v) is 19.2. The number of nitrogens with zero attached hydrogens (tertiary/aromatic N) is 2. The van der Waals surface area contributed by atoms with Gasteiger partial charge in [0.1, 0.15) is 11.5 Å². The van der Waals surface area contributed by atoms with Crippen molar-refractivity contribution in [2.75, 3.05) is 4.72 Å². The fraction of sp³-hybridized carbons (Fsp3) is 0. The van der Waals surface area contributed by atoms with Crippen molar-refractivity contribution in [1.29, 1.82) is 0 Å². The van der Waals surface area contributed by atoms with Gasteiger partial charge in [0, 0.05) is 29.6 Å². The maximum absolute atomic E-state index is 15.3. The second-order valence-electron chi connectivity index (χ2n) is 7.13. The average molecular weight is 516 g/mol. The molecule has 0 saturated heterocycles. The Bertz CT molecular complexity index is 1600. The molecule has 4 N–H and O–H groups in total. The number of nitrogens with one attached hydrogen (secondary N) is 2. The van der Waals surface area contributed by atoms with Crippen LogP contribution in [0, 0.1) is 11.6 Å². The average Bonchev–Trinajstić information content (AvgIpc) is 3.24. The zero-order chi connectivity index (χ0) is 25.2. The third-order valence-electron chi connectivity index (χ3n) is 4.87. The van der Waals surface area contributed by atoms with Gasteiger partial charge in [0.25, 0.3) is 10.0 Å². The molecule has 0 spiro atoms. The van der Waals surface area contributed by atoms with Crippen LogP contribution in [-0.2, 0) is 10.0 Å². The number of pyridine rings is 1. The van der Waals surface area contributed by atoms with Crippen molar-refractivity contribution in [3.8, 4) is 0 Å². The molecule has 35 heavy (non-hydrogen) atoms. The molecule has 8 nitrogen and oxygen atoms in total. The van der Waals surface area contributed by atoms with E-state index >= 15 is 4.39 Å². The summed E-state index contributed by atoms with van der Waals surface area (Å²) in [5, 5.41) is 0.484. The lowest BCUT2D eigenvalue weighted by molar-refractivity contribution is 0.103. The molecule has 0 radical (unpaired) electrons. The summed E-state index contributed by atoms with van der Waals surface area (Å²) in [5.74, 6) is -3.53. The van der Waals surface area contributed by atoms with E-state index in [-0.39, 0.29) is 20.9 Å². The van der Waals surface area contributed by atoms with Crippen molar-refractivity contribution in [2.24, 2.45) is 10.7 Å². The molecular weight excluding hydrogens is 500 g/mol. The number of benzene rings is 2. The summed E-state index contributed by atoms with van der Waals surface area (Å²) in [6, 6.07) is 8.51. The van der Waals surface area contributed by atoms with Gasteiger partial charge in [-0.1, -0.05) is 11.6 Å². The van der Waals surface area contributed by atoms with Gasteiger partial charge in [-0.3, -0.25) is 14.5 Å². The van der Waals surface area contributed by atoms with Crippen LogP contribution in [0.1, 0.15) is 15.9 Å². The number of ketones is 1. The Morgan fingerprint density at radius 2 is 1.91 bits per heavy atom. The molecule has 0 aliphatic heterocycles. The number of rotatable bonds is 7. The summed E-state index contributed by atoms with van der Waals surface area (Å²) in [6.07, 6.45) is 6.80. The molecule has 0 unspecified atom stereocenters. The fourth-order valence-electron chi connectivity index (χ4n) is 3.23. The third kappa shape index (κ3) is 4.91. The molecule has 0 aliphatic carbocycles. The van der Waals surface area contributed by atoms with Crippen LogP contribution in [-0.4, -0.2) is 30.4 Å². The molecule has 0 atom stereocenters. The topological polar surface area (TPSA) is 130 Å². The zero-order valence-electron chi connectivity index (χ0n) is 17.7. The van der Waals surface area contributed by atoms with Crippen LogP contribution in [0.5, 0.6) is 0 Å². The number of anilines is 1. The van der Waals surface area contributed by atoms with E-state index in [4.69, 9.17) is 17.3 Å². The number of aromatic nitrogens is 2. The van der Waals surface area contributed by atoms with Crippen LogP contribution in [0.2, 0.25) is 5.02 Å². The van der Waals surface area contributed by atoms with Crippen LogP contribution >= 0.6 is 11.6 Å². The van der Waals surface area contributed by atoms with E-state index in [1.165, 1.54) is 61.2 Å². The Kier molecular flexibility index (Phi) is 6.63. The first-order valence-corrected chi connectivity index (χ1v) is 11.8. The maximum Gasteiger partial charge on any atom is 0.261 e. The summed E-state index contributed by atoms with van der Waals surface area (Å²) >= 11 is 5.93. The van der Waals surface area contributed by atoms with Crippen molar-refractivity contribution in [3.05, 3.63) is 94.9 Å². The molecule has 0 amide bonds. The van der Waals surface area contributed by atoms with Gasteiger partial charge in [0.05, 0.1) is 26.9 Å². The number of aliphatic imine (C=N–C) groups is 1. The van der Waals surface area contributed by atoms with Gasteiger partial charge >= 0.3 is 0 Å². The Morgan fingerprint density at radius 1 is 1.17 bits per heavy atom. The fourth-order valence-corrected chi connectivity index (χ4v) is 4.45. The lowest BCUT2D eigenvalue weighted by Crippen LogP contribution is -2.16. The minimum Gasteiger partial charge on any atom is -0.405 e. The van der Waals surface area contributed by atoms with E-state index < -0.39 is 38.7 Å². The molecule has 0 fully saturated rings. The summed E-state index contributed by atoms with van der Waals surface area (Å²) in [4.78, 5) is 23.6. The molecule has 0 bridgehead atoms. The number of allylic oxidation sites excluding steroid dienone is 1. The molecule has 4 aromatic rings. The predicted molar refractivity (Wildman–Crippen MR) is 130 cm³/mol. The predicted octanol–water partition coefficient (Wildman–Crippen LogP) is 4.70. The largest absolute Gasteiger partial charge is 0.405 e. The lowest BCUT2D eigenvalue weighted by Gasteiger charge is -2.12. The summed E-state index contributed by atoms with van der Waals surface area (Å²) in [7, 11) is -4.27. The Hall–Kier alpha value is -4.09. The first kappa shape index (κ1) is 24.0. The first-order valence-electron chi connectivity index (χ1n) is 9.90. The van der Waals surface area contributed by atoms with E-state index in [1.54, 1.807) is 0 Å². The molecule has 0 saturated carbocycles. The molecule has 2 aromatic carbocycles. The second kappa shape index (κ2) is 9.65. The number of carbonyl (C=O) groups is 1. The Balaban J connectivity index is 1.67. The highest BCUT2D eigenvalue weighted by Gasteiger charge is 2.26. The highest BCUT2D eigenvalue weighted by molar-refractivity contribution is 7.92. The van der Waals surface area contributed by atoms with E-state index in [0.29, 0.717) is 11.3 Å². The van der Waals surface area contributed by atoms with Crippen molar-refractivity contribution < 1.29 is 22.0 Å². The Morgan fingerprint density at radius 3 is 2.63 bits per heavy atom. The van der Waals surface area contributed by atoms with Gasteiger partial charge < -0.3 is 10.7 Å². The normalized spacial score (nSPS) is 12.1. The lowest BCUT2D eigenvalue weighted by atomic mass is 10.0. The number of nitrogens with two attached hydrogens (primary N) is 1. The van der Waals surface area contributed by atoms with Gasteiger partial charge in [-0.15, -0.1) is 0 Å². The molecule has 178 valence electrons. The van der Waals surface area contributed by atoms with Crippen LogP contribution in [0.4, 0.5) is 20.2 Å². The molecule has 12 heteroatoms. The number of carbonyl (C=O) groups excluding carboxylic acids is 1. The van der Waals surface area contributed by atoms with Crippen molar-refractivity contribution in [3.63, 3.8) is 0 Å². The monoisotopic (exact) mass is 515 g/mol. The molecule has 4 rings (SSSR count). The Labute approximate surface area is 203 Å². The van der Waals surface area contributed by atoms with Crippen molar-refractivity contribution >= 4 is 56.0 Å². The smallest absolute Gasteiger partial charge is 0.261 e. The van der Waals surface area contributed by atoms with Crippen LogP contribution < -0.4 is 10.5 Å². The highest BCUT2D eigenvalue weighted by atomic mass is 35.5. The molecular formula is C23H16ClF2N5O3S. The number of halogens is 3. The van der Waals surface area contributed by atoms with Crippen molar-refractivity contribution in [1.82, 2.24) is 9.97 Å². The second-order valence-corrected chi connectivity index (χ2v) is 9.25. The summed E-state index contributed by atoms with van der Waals surface area (Å²) in [6.45, 7) is 0. The highest BCUT2D eigenvalue weighted by Crippen LogP contribution is 2.29.